The molecule has 0 saturated heterocycles. The predicted octanol–water partition coefficient (Wildman–Crippen LogP) is 11.3. The molecule has 0 aromatic heterocycles. The maximum Gasteiger partial charge on any atom is 0.391 e. The molecule has 0 radical (unpaired) electrons. The summed E-state index contributed by atoms with van der Waals surface area (Å²) in [5.41, 5.74) is 0.584. The number of fused-ring (bicyclic) bond motifs is 2. The van der Waals surface area contributed by atoms with Gasteiger partial charge in [-0.05, 0) is 115 Å². The lowest BCUT2D eigenvalue weighted by atomic mass is 9.87. The number of carbonyl (C=O) groups excluding carboxylic acids is 1. The van der Waals surface area contributed by atoms with Crippen molar-refractivity contribution >= 4 is 43.8 Å². The quantitative estimate of drug-likeness (QED) is 0.154. The van der Waals surface area contributed by atoms with Crippen molar-refractivity contribution in [2.75, 3.05) is 0 Å². The average molecular weight is 696 g/mol. The number of carbonyl (C=O) groups is 1. The van der Waals surface area contributed by atoms with Crippen molar-refractivity contribution < 1.29 is 40.6 Å². The van der Waals surface area contributed by atoms with Crippen LogP contribution in [0.25, 0.3) is 21.5 Å². The van der Waals surface area contributed by atoms with Crippen molar-refractivity contribution in [1.29, 1.82) is 0 Å². The first-order valence-corrected chi connectivity index (χ1v) is 15.8. The fraction of sp³-hybridized carbons (Fsp3) is 0.400. The molecule has 0 atom stereocenters. The van der Waals surface area contributed by atoms with Gasteiger partial charge in [-0.2, -0.15) is 26.3 Å². The third kappa shape index (κ3) is 8.93. The molecule has 4 aromatic rings. The number of hydrogen-bond acceptors (Lipinski definition) is 3. The van der Waals surface area contributed by atoms with E-state index in [1.807, 2.05) is 60.7 Å². The van der Waals surface area contributed by atoms with Gasteiger partial charge in [-0.15, -0.1) is 0 Å². The zero-order valence-corrected chi connectivity index (χ0v) is 25.9. The number of hydrogen-bond donors (Lipinski definition) is 0. The summed E-state index contributed by atoms with van der Waals surface area (Å²) in [6, 6.07) is 22.7. The lowest BCUT2D eigenvalue weighted by Gasteiger charge is -2.30. The van der Waals surface area contributed by atoms with Gasteiger partial charge in [-0.1, -0.05) is 46.3 Å². The molecule has 0 N–H and O–H groups in total. The first kappa shape index (κ1) is 33.1. The van der Waals surface area contributed by atoms with E-state index in [0.29, 0.717) is 37.0 Å². The zero-order valence-electron chi connectivity index (χ0n) is 24.3. The second-order valence-electron chi connectivity index (χ2n) is 11.8. The van der Waals surface area contributed by atoms with Crippen LogP contribution in [0.4, 0.5) is 26.3 Å². The molecule has 240 valence electrons. The fourth-order valence-electron chi connectivity index (χ4n) is 6.06. The summed E-state index contributed by atoms with van der Waals surface area (Å²) in [5.74, 6) is -1.01. The second-order valence-corrected chi connectivity index (χ2v) is 12.7. The molecule has 2 fully saturated rings. The monoisotopic (exact) mass is 694 g/mol. The van der Waals surface area contributed by atoms with E-state index in [4.69, 9.17) is 9.47 Å². The summed E-state index contributed by atoms with van der Waals surface area (Å²) in [5, 5.41) is 4.03. The molecule has 2 aliphatic rings. The normalized spacial score (nSPS) is 22.4. The van der Waals surface area contributed by atoms with Crippen molar-refractivity contribution in [3.8, 4) is 11.5 Å². The largest absolute Gasteiger partial charge is 0.490 e. The molecule has 0 aliphatic heterocycles. The van der Waals surface area contributed by atoms with Crippen LogP contribution in [0, 0.1) is 11.8 Å². The molecule has 0 amide bonds. The Balaban J connectivity index is 0.000000178. The van der Waals surface area contributed by atoms with Crippen LogP contribution in [0.15, 0.2) is 77.3 Å². The van der Waals surface area contributed by atoms with Crippen LogP contribution in [-0.2, 0) is 0 Å². The van der Waals surface area contributed by atoms with Gasteiger partial charge in [0.2, 0.25) is 0 Å². The first-order valence-electron chi connectivity index (χ1n) is 15.0. The minimum absolute atomic E-state index is 0.122. The maximum atomic E-state index is 12.7. The van der Waals surface area contributed by atoms with Crippen molar-refractivity contribution in [3.63, 3.8) is 0 Å². The van der Waals surface area contributed by atoms with Gasteiger partial charge in [0.25, 0.3) is 0 Å². The minimum Gasteiger partial charge on any atom is -0.490 e. The van der Waals surface area contributed by atoms with Gasteiger partial charge in [0.15, 0.2) is 0 Å². The standard InChI is InChI=1S/C18H17F3O2.C17H16BrF3O/c19-18(20,21)15-4-7-16(8-5-15)23-17-6-3-13-2-1-12(11-22)9-14(13)10-17;18-14-5-1-11-2-6-16(10-12(11)9-14)22-15-7-3-13(4-8-15)17(19,20)21/h1-3,6,9-11,15-16H,4-5,7-8H2;1-2,5-6,9-10,13,15H,3-4,7-8H2. The highest BCUT2D eigenvalue weighted by atomic mass is 79.9. The van der Waals surface area contributed by atoms with Gasteiger partial charge in [0, 0.05) is 10.0 Å². The van der Waals surface area contributed by atoms with Crippen molar-refractivity contribution in [3.05, 3.63) is 82.8 Å². The smallest absolute Gasteiger partial charge is 0.391 e. The van der Waals surface area contributed by atoms with Crippen LogP contribution in [0.1, 0.15) is 61.7 Å². The highest BCUT2D eigenvalue weighted by Gasteiger charge is 2.42. The first-order chi connectivity index (χ1) is 21.4. The van der Waals surface area contributed by atoms with Gasteiger partial charge in [0.05, 0.1) is 24.0 Å². The number of alkyl halides is 6. The van der Waals surface area contributed by atoms with Crippen molar-refractivity contribution in [2.45, 2.75) is 75.9 Å². The van der Waals surface area contributed by atoms with Gasteiger partial charge < -0.3 is 9.47 Å². The Morgan fingerprint density at radius 3 is 1.42 bits per heavy atom. The Bertz CT molecular complexity index is 1600. The SMILES string of the molecule is FC(F)(F)C1CCC(Oc2ccc3ccc(Br)cc3c2)CC1.O=Cc1ccc2ccc(OC3CCC(C(F)(F)F)CC3)cc2c1. The van der Waals surface area contributed by atoms with E-state index in [2.05, 4.69) is 15.9 Å². The molecule has 2 aliphatic carbocycles. The third-order valence-corrected chi connectivity index (χ3v) is 9.12. The van der Waals surface area contributed by atoms with E-state index in [0.717, 1.165) is 38.1 Å². The van der Waals surface area contributed by atoms with E-state index in [1.165, 1.54) is 0 Å². The van der Waals surface area contributed by atoms with Crippen LogP contribution in [-0.4, -0.2) is 30.8 Å². The molecule has 10 heteroatoms. The average Bonchev–Trinajstić information content (AvgIpc) is 3.00. The lowest BCUT2D eigenvalue weighted by Crippen LogP contribution is -2.31. The number of ether oxygens (including phenoxy) is 2. The van der Waals surface area contributed by atoms with Gasteiger partial charge >= 0.3 is 12.4 Å². The van der Waals surface area contributed by atoms with Crippen LogP contribution in [0.3, 0.4) is 0 Å². The molecular weight excluding hydrogens is 662 g/mol. The second kappa shape index (κ2) is 14.0. The molecule has 4 aromatic carbocycles. The summed E-state index contributed by atoms with van der Waals surface area (Å²) in [6.45, 7) is 0. The Morgan fingerprint density at radius 2 is 0.978 bits per heavy atom. The molecule has 3 nitrogen and oxygen atoms in total. The van der Waals surface area contributed by atoms with Gasteiger partial charge in [-0.3, -0.25) is 4.79 Å². The van der Waals surface area contributed by atoms with E-state index >= 15 is 0 Å². The number of benzene rings is 4. The Labute approximate surface area is 266 Å². The van der Waals surface area contributed by atoms with Crippen molar-refractivity contribution in [2.24, 2.45) is 11.8 Å². The van der Waals surface area contributed by atoms with E-state index in [-0.39, 0.29) is 37.9 Å². The Hall–Kier alpha value is -3.27. The minimum atomic E-state index is -4.10. The van der Waals surface area contributed by atoms with Gasteiger partial charge in [-0.25, -0.2) is 0 Å². The summed E-state index contributed by atoms with van der Waals surface area (Å²) >= 11 is 3.43. The Kier molecular flexibility index (Phi) is 10.3. The summed E-state index contributed by atoms with van der Waals surface area (Å²) in [7, 11) is 0. The van der Waals surface area contributed by atoms with Crippen LogP contribution >= 0.6 is 15.9 Å². The van der Waals surface area contributed by atoms with E-state index in [1.54, 1.807) is 12.1 Å². The maximum absolute atomic E-state index is 12.7. The fourth-order valence-corrected chi connectivity index (χ4v) is 6.44. The summed E-state index contributed by atoms with van der Waals surface area (Å²) in [6.07, 6.45) is -5.38. The number of aldehydes is 1. The van der Waals surface area contributed by atoms with Gasteiger partial charge in [0.1, 0.15) is 17.8 Å². The van der Waals surface area contributed by atoms with Crippen molar-refractivity contribution in [1.82, 2.24) is 0 Å². The van der Waals surface area contributed by atoms with Crippen LogP contribution in [0.2, 0.25) is 0 Å². The molecule has 6 rings (SSSR count). The topological polar surface area (TPSA) is 35.5 Å². The van der Waals surface area contributed by atoms with E-state index < -0.39 is 24.2 Å². The molecule has 2 saturated carbocycles. The van der Waals surface area contributed by atoms with Crippen LogP contribution < -0.4 is 9.47 Å². The molecule has 0 unspecified atom stereocenters. The summed E-state index contributed by atoms with van der Waals surface area (Å²) < 4.78 is 88.7. The lowest BCUT2D eigenvalue weighted by molar-refractivity contribution is -0.186. The molecular formula is C35H33BrF6O3. The summed E-state index contributed by atoms with van der Waals surface area (Å²) in [4.78, 5) is 10.8. The van der Waals surface area contributed by atoms with E-state index in [9.17, 15) is 31.1 Å². The predicted molar refractivity (Wildman–Crippen MR) is 166 cm³/mol. The highest BCUT2D eigenvalue weighted by Crippen LogP contribution is 2.40. The molecule has 0 heterocycles. The molecule has 45 heavy (non-hydrogen) atoms. The molecule has 0 bridgehead atoms. The van der Waals surface area contributed by atoms with Crippen LogP contribution in [0.5, 0.6) is 11.5 Å². The number of halogens is 7. The third-order valence-electron chi connectivity index (χ3n) is 8.63. The Morgan fingerprint density at radius 1 is 0.556 bits per heavy atom. The highest BCUT2D eigenvalue weighted by molar-refractivity contribution is 9.10. The molecule has 0 spiro atoms. The number of rotatable bonds is 5. The zero-order chi connectivity index (χ0) is 32.2.